The molecule has 0 aliphatic heterocycles. The largest absolute Gasteiger partial charge is 0.508 e. The lowest BCUT2D eigenvalue weighted by atomic mass is 9.91. The third kappa shape index (κ3) is 2.28. The fourth-order valence-corrected chi connectivity index (χ4v) is 1.83. The first-order chi connectivity index (χ1) is 8.20. The topological polar surface area (TPSA) is 57.5 Å². The minimum absolute atomic E-state index is 0.00348. The fourth-order valence-electron chi connectivity index (χ4n) is 1.83. The van der Waals surface area contributed by atoms with E-state index in [0.29, 0.717) is 11.1 Å². The molecule has 0 amide bonds. The number of aliphatic carboxylic acids is 1. The molecule has 3 heteroatoms. The summed E-state index contributed by atoms with van der Waals surface area (Å²) in [6.07, 6.45) is 0. The van der Waals surface area contributed by atoms with Crippen molar-refractivity contribution in [3.63, 3.8) is 0 Å². The molecule has 86 valence electrons. The maximum absolute atomic E-state index is 11.3. The molecule has 0 heterocycles. The summed E-state index contributed by atoms with van der Waals surface area (Å²) in [6, 6.07) is 15.4. The van der Waals surface area contributed by atoms with Crippen LogP contribution >= 0.6 is 0 Å². The van der Waals surface area contributed by atoms with Gasteiger partial charge in [0.1, 0.15) is 11.7 Å². The number of aromatic hydroxyl groups is 1. The van der Waals surface area contributed by atoms with Crippen LogP contribution in [-0.2, 0) is 4.79 Å². The average Bonchev–Trinajstić information content (AvgIpc) is 2.33. The number of carbonyl (C=O) groups is 1. The van der Waals surface area contributed by atoms with E-state index in [0.717, 1.165) is 0 Å². The van der Waals surface area contributed by atoms with Crippen molar-refractivity contribution in [1.82, 2.24) is 0 Å². The van der Waals surface area contributed by atoms with Gasteiger partial charge in [-0.25, -0.2) is 0 Å². The number of phenolic OH excluding ortho intramolecular Hbond substituents is 1. The minimum Gasteiger partial charge on any atom is -0.508 e. The summed E-state index contributed by atoms with van der Waals surface area (Å²) in [5.41, 5.74) is 1.06. The van der Waals surface area contributed by atoms with Crippen molar-refractivity contribution >= 4 is 5.97 Å². The predicted molar refractivity (Wildman–Crippen MR) is 64.0 cm³/mol. The molecule has 2 N–H and O–H groups in total. The zero-order valence-electron chi connectivity index (χ0n) is 9.08. The van der Waals surface area contributed by atoms with Crippen LogP contribution in [0.25, 0.3) is 0 Å². The van der Waals surface area contributed by atoms with Crippen LogP contribution in [0.4, 0.5) is 0 Å². The maximum atomic E-state index is 11.3. The first kappa shape index (κ1) is 11.2. The highest BCUT2D eigenvalue weighted by Gasteiger charge is 2.24. The van der Waals surface area contributed by atoms with Crippen molar-refractivity contribution in [2.24, 2.45) is 0 Å². The second-order valence-corrected chi connectivity index (χ2v) is 3.74. The molecule has 2 aromatic carbocycles. The number of carboxylic acids is 1. The fraction of sp³-hybridized carbons (Fsp3) is 0.0714. The minimum atomic E-state index is -0.974. The molecule has 0 radical (unpaired) electrons. The number of benzene rings is 2. The van der Waals surface area contributed by atoms with Crippen molar-refractivity contribution < 1.29 is 15.0 Å². The van der Waals surface area contributed by atoms with Crippen LogP contribution in [-0.4, -0.2) is 16.2 Å². The lowest BCUT2D eigenvalue weighted by Crippen LogP contribution is -2.13. The SMILES string of the molecule is O=C(O)C(c1ccccc1)c1ccccc1O. The molecule has 2 rings (SSSR count). The van der Waals surface area contributed by atoms with Gasteiger partial charge in [-0.05, 0) is 11.6 Å². The molecule has 0 fully saturated rings. The Labute approximate surface area is 99.0 Å². The van der Waals surface area contributed by atoms with Gasteiger partial charge in [0, 0.05) is 5.56 Å². The number of phenols is 1. The zero-order valence-corrected chi connectivity index (χ0v) is 9.08. The van der Waals surface area contributed by atoms with Crippen molar-refractivity contribution in [2.75, 3.05) is 0 Å². The molecule has 0 bridgehead atoms. The van der Waals surface area contributed by atoms with E-state index in [1.165, 1.54) is 6.07 Å². The van der Waals surface area contributed by atoms with Gasteiger partial charge in [-0.2, -0.15) is 0 Å². The molecule has 17 heavy (non-hydrogen) atoms. The van der Waals surface area contributed by atoms with Crippen LogP contribution in [0.2, 0.25) is 0 Å². The Morgan fingerprint density at radius 3 is 2.12 bits per heavy atom. The highest BCUT2D eigenvalue weighted by Crippen LogP contribution is 2.31. The van der Waals surface area contributed by atoms with E-state index in [2.05, 4.69) is 0 Å². The highest BCUT2D eigenvalue weighted by atomic mass is 16.4. The summed E-state index contributed by atoms with van der Waals surface area (Å²) in [6.45, 7) is 0. The van der Waals surface area contributed by atoms with Crippen LogP contribution in [0.15, 0.2) is 54.6 Å². The summed E-state index contributed by atoms with van der Waals surface area (Å²) in [7, 11) is 0. The molecule has 0 aliphatic carbocycles. The number of rotatable bonds is 3. The van der Waals surface area contributed by atoms with E-state index in [1.54, 1.807) is 42.5 Å². The standard InChI is InChI=1S/C14H12O3/c15-12-9-5-4-8-11(12)13(14(16)17)10-6-2-1-3-7-10/h1-9,13,15H,(H,16,17). The number of hydrogen-bond acceptors (Lipinski definition) is 2. The van der Waals surface area contributed by atoms with E-state index in [9.17, 15) is 15.0 Å². The molecule has 1 atom stereocenters. The van der Waals surface area contributed by atoms with E-state index in [-0.39, 0.29) is 5.75 Å². The van der Waals surface area contributed by atoms with Crippen LogP contribution < -0.4 is 0 Å². The molecular formula is C14H12O3. The van der Waals surface area contributed by atoms with Crippen LogP contribution in [0.5, 0.6) is 5.75 Å². The molecule has 0 aromatic heterocycles. The molecule has 0 saturated heterocycles. The third-order valence-electron chi connectivity index (χ3n) is 2.63. The van der Waals surface area contributed by atoms with Crippen LogP contribution in [0, 0.1) is 0 Å². The molecular weight excluding hydrogens is 216 g/mol. The first-order valence-electron chi connectivity index (χ1n) is 5.26. The van der Waals surface area contributed by atoms with Gasteiger partial charge in [0.05, 0.1) is 0 Å². The Bertz CT molecular complexity index is 520. The summed E-state index contributed by atoms with van der Waals surface area (Å²) in [4.78, 5) is 11.3. The summed E-state index contributed by atoms with van der Waals surface area (Å²) < 4.78 is 0. The van der Waals surface area contributed by atoms with E-state index in [4.69, 9.17) is 0 Å². The molecule has 0 spiro atoms. The summed E-state index contributed by atoms with van der Waals surface area (Å²) in [5.74, 6) is -1.81. The molecule has 2 aromatic rings. The summed E-state index contributed by atoms with van der Waals surface area (Å²) >= 11 is 0. The van der Waals surface area contributed by atoms with Gasteiger partial charge >= 0.3 is 5.97 Å². The second-order valence-electron chi connectivity index (χ2n) is 3.74. The van der Waals surface area contributed by atoms with Crippen molar-refractivity contribution in [2.45, 2.75) is 5.92 Å². The smallest absolute Gasteiger partial charge is 0.315 e. The van der Waals surface area contributed by atoms with E-state index in [1.807, 2.05) is 6.07 Å². The summed E-state index contributed by atoms with van der Waals surface area (Å²) in [5, 5.41) is 19.0. The van der Waals surface area contributed by atoms with Crippen molar-refractivity contribution in [3.05, 3.63) is 65.7 Å². The molecule has 3 nitrogen and oxygen atoms in total. The van der Waals surface area contributed by atoms with Gasteiger partial charge in [-0.1, -0.05) is 48.5 Å². The van der Waals surface area contributed by atoms with Crippen LogP contribution in [0.1, 0.15) is 17.0 Å². The van der Waals surface area contributed by atoms with Crippen LogP contribution in [0.3, 0.4) is 0 Å². The number of para-hydroxylation sites is 1. The molecule has 1 unspecified atom stereocenters. The Morgan fingerprint density at radius 2 is 1.53 bits per heavy atom. The Kier molecular flexibility index (Phi) is 3.10. The highest BCUT2D eigenvalue weighted by molar-refractivity contribution is 5.81. The van der Waals surface area contributed by atoms with E-state index < -0.39 is 11.9 Å². The molecule has 0 aliphatic rings. The molecule has 0 saturated carbocycles. The van der Waals surface area contributed by atoms with E-state index >= 15 is 0 Å². The Hall–Kier alpha value is -2.29. The number of carboxylic acid groups (broad SMARTS) is 1. The maximum Gasteiger partial charge on any atom is 0.315 e. The van der Waals surface area contributed by atoms with Gasteiger partial charge in [-0.3, -0.25) is 4.79 Å². The van der Waals surface area contributed by atoms with Crippen molar-refractivity contribution in [3.8, 4) is 5.75 Å². The van der Waals surface area contributed by atoms with Gasteiger partial charge < -0.3 is 10.2 Å². The monoisotopic (exact) mass is 228 g/mol. The number of hydrogen-bond donors (Lipinski definition) is 2. The van der Waals surface area contributed by atoms with Gasteiger partial charge in [0.2, 0.25) is 0 Å². The second kappa shape index (κ2) is 4.70. The lowest BCUT2D eigenvalue weighted by molar-refractivity contribution is -0.137. The normalized spacial score (nSPS) is 12.0. The van der Waals surface area contributed by atoms with Gasteiger partial charge in [-0.15, -0.1) is 0 Å². The van der Waals surface area contributed by atoms with Crippen molar-refractivity contribution in [1.29, 1.82) is 0 Å². The lowest BCUT2D eigenvalue weighted by Gasteiger charge is -2.14. The first-order valence-corrected chi connectivity index (χ1v) is 5.26. The Morgan fingerprint density at radius 1 is 0.941 bits per heavy atom. The predicted octanol–water partition coefficient (Wildman–Crippen LogP) is 2.61. The quantitative estimate of drug-likeness (QED) is 0.849. The third-order valence-corrected chi connectivity index (χ3v) is 2.63. The zero-order chi connectivity index (χ0) is 12.3. The Balaban J connectivity index is 2.51. The van der Waals surface area contributed by atoms with Gasteiger partial charge in [0.15, 0.2) is 0 Å². The average molecular weight is 228 g/mol. The van der Waals surface area contributed by atoms with Gasteiger partial charge in [0.25, 0.3) is 0 Å².